The molecule has 0 saturated heterocycles. The fourth-order valence-electron chi connectivity index (χ4n) is 1.64. The smallest absolute Gasteiger partial charge is 0.305 e. The van der Waals surface area contributed by atoms with Crippen LogP contribution < -0.4 is 5.32 Å². The van der Waals surface area contributed by atoms with Gasteiger partial charge in [-0.3, -0.25) is 9.59 Å². The summed E-state index contributed by atoms with van der Waals surface area (Å²) in [5.41, 5.74) is 0.584. The lowest BCUT2D eigenvalue weighted by molar-refractivity contribution is -0.140. The molecule has 1 aromatic rings. The number of carbonyl (C=O) groups is 2. The average Bonchev–Trinajstić information content (AvgIpc) is 2.42. The van der Waals surface area contributed by atoms with Gasteiger partial charge < -0.3 is 10.1 Å². The summed E-state index contributed by atoms with van der Waals surface area (Å²) < 4.78 is 4.55. The van der Waals surface area contributed by atoms with Crippen molar-refractivity contribution < 1.29 is 14.3 Å². The van der Waals surface area contributed by atoms with Gasteiger partial charge in [-0.1, -0.05) is 18.6 Å². The van der Waals surface area contributed by atoms with E-state index in [-0.39, 0.29) is 11.9 Å². The first-order valence-corrected chi connectivity index (χ1v) is 6.73. The zero-order valence-electron chi connectivity index (χ0n) is 11.0. The van der Waals surface area contributed by atoms with Crippen molar-refractivity contribution in [2.24, 2.45) is 0 Å². The Hall–Kier alpha value is -1.49. The maximum Gasteiger partial charge on any atom is 0.305 e. The van der Waals surface area contributed by atoms with E-state index in [1.807, 2.05) is 12.1 Å². The molecule has 5 heteroatoms. The van der Waals surface area contributed by atoms with Crippen LogP contribution in [0.15, 0.2) is 29.2 Å². The highest BCUT2D eigenvalue weighted by Gasteiger charge is 2.07. The van der Waals surface area contributed by atoms with Gasteiger partial charge in [0.05, 0.1) is 12.7 Å². The molecule has 0 bridgehead atoms. The van der Waals surface area contributed by atoms with Crippen molar-refractivity contribution in [2.75, 3.05) is 13.7 Å². The Morgan fingerprint density at radius 1 is 1.21 bits per heavy atom. The van der Waals surface area contributed by atoms with Crippen molar-refractivity contribution in [1.29, 1.82) is 0 Å². The van der Waals surface area contributed by atoms with Crippen LogP contribution in [0.4, 0.5) is 0 Å². The van der Waals surface area contributed by atoms with E-state index in [2.05, 4.69) is 22.7 Å². The van der Waals surface area contributed by atoms with E-state index < -0.39 is 0 Å². The second-order valence-corrected chi connectivity index (χ2v) is 4.64. The van der Waals surface area contributed by atoms with Crippen molar-refractivity contribution >= 4 is 24.5 Å². The predicted molar refractivity (Wildman–Crippen MR) is 76.5 cm³/mol. The molecule has 0 unspecified atom stereocenters. The highest BCUT2D eigenvalue weighted by atomic mass is 32.1. The number of hydrogen-bond acceptors (Lipinski definition) is 4. The van der Waals surface area contributed by atoms with Gasteiger partial charge in [0.2, 0.25) is 0 Å². The van der Waals surface area contributed by atoms with E-state index in [9.17, 15) is 9.59 Å². The van der Waals surface area contributed by atoms with Crippen molar-refractivity contribution in [3.63, 3.8) is 0 Å². The molecule has 0 spiro atoms. The summed E-state index contributed by atoms with van der Waals surface area (Å²) in [7, 11) is 1.39. The summed E-state index contributed by atoms with van der Waals surface area (Å²) in [6, 6.07) is 7.18. The second-order valence-electron chi connectivity index (χ2n) is 4.16. The summed E-state index contributed by atoms with van der Waals surface area (Å²) in [5, 5.41) is 2.84. The molecule has 104 valence electrons. The van der Waals surface area contributed by atoms with Gasteiger partial charge >= 0.3 is 5.97 Å². The molecule has 0 aliphatic carbocycles. The number of amides is 1. The lowest BCUT2D eigenvalue weighted by Gasteiger charge is -2.06. The Bertz CT molecular complexity index is 434. The van der Waals surface area contributed by atoms with Crippen LogP contribution in [0, 0.1) is 0 Å². The lowest BCUT2D eigenvalue weighted by Crippen LogP contribution is -2.24. The summed E-state index contributed by atoms with van der Waals surface area (Å²) >= 11 is 4.24. The molecule has 1 amide bonds. The topological polar surface area (TPSA) is 55.4 Å². The van der Waals surface area contributed by atoms with Crippen molar-refractivity contribution in [2.45, 2.75) is 30.6 Å². The molecule has 0 fully saturated rings. The van der Waals surface area contributed by atoms with Gasteiger partial charge in [0.1, 0.15) is 0 Å². The largest absolute Gasteiger partial charge is 0.469 e. The van der Waals surface area contributed by atoms with Gasteiger partial charge in [-0.05, 0) is 25.0 Å². The summed E-state index contributed by atoms with van der Waals surface area (Å²) in [6.45, 7) is 0.599. The number of nitrogens with one attached hydrogen (secondary N) is 1. The number of ether oxygens (including phenoxy) is 1. The SMILES string of the molecule is COC(=O)CCCCCNC(=O)c1ccccc1S. The predicted octanol–water partition coefficient (Wildman–Crippen LogP) is 2.44. The van der Waals surface area contributed by atoms with Crippen LogP contribution in [0.25, 0.3) is 0 Å². The zero-order chi connectivity index (χ0) is 14.1. The standard InChI is InChI=1S/C14H19NO3S/c1-18-13(16)9-3-2-6-10-15-14(17)11-7-4-5-8-12(11)19/h4-5,7-8,19H,2-3,6,9-10H2,1H3,(H,15,17). The van der Waals surface area contributed by atoms with E-state index in [1.54, 1.807) is 12.1 Å². The fraction of sp³-hybridized carbons (Fsp3) is 0.429. The minimum atomic E-state index is -0.187. The molecule has 0 saturated carbocycles. The number of esters is 1. The first-order valence-electron chi connectivity index (χ1n) is 6.28. The maximum absolute atomic E-state index is 11.8. The molecule has 19 heavy (non-hydrogen) atoms. The molecule has 0 heterocycles. The zero-order valence-corrected chi connectivity index (χ0v) is 11.9. The van der Waals surface area contributed by atoms with Crippen molar-refractivity contribution in [3.8, 4) is 0 Å². The fourth-order valence-corrected chi connectivity index (χ4v) is 1.90. The molecule has 4 nitrogen and oxygen atoms in total. The Morgan fingerprint density at radius 2 is 1.95 bits per heavy atom. The van der Waals surface area contributed by atoms with Gasteiger partial charge in [-0.25, -0.2) is 0 Å². The maximum atomic E-state index is 11.8. The van der Waals surface area contributed by atoms with Gasteiger partial charge in [0, 0.05) is 17.9 Å². The number of benzene rings is 1. The third-order valence-electron chi connectivity index (χ3n) is 2.72. The molecule has 0 atom stereocenters. The van der Waals surface area contributed by atoms with E-state index in [4.69, 9.17) is 0 Å². The Labute approximate surface area is 118 Å². The van der Waals surface area contributed by atoms with Crippen LogP contribution in [0.3, 0.4) is 0 Å². The molecule has 0 radical (unpaired) electrons. The summed E-state index contributed by atoms with van der Waals surface area (Å²) in [4.78, 5) is 23.4. The van der Waals surface area contributed by atoms with E-state index in [1.165, 1.54) is 7.11 Å². The number of unbranched alkanes of at least 4 members (excludes halogenated alkanes) is 2. The van der Waals surface area contributed by atoms with Crippen LogP contribution in [-0.4, -0.2) is 25.5 Å². The van der Waals surface area contributed by atoms with Crippen molar-refractivity contribution in [3.05, 3.63) is 29.8 Å². The molecule has 1 N–H and O–H groups in total. The first-order chi connectivity index (χ1) is 9.15. The highest BCUT2D eigenvalue weighted by molar-refractivity contribution is 7.80. The Kier molecular flexibility index (Phi) is 7.03. The van der Waals surface area contributed by atoms with Crippen LogP contribution in [0.5, 0.6) is 0 Å². The monoisotopic (exact) mass is 281 g/mol. The molecule has 1 rings (SSSR count). The van der Waals surface area contributed by atoms with Gasteiger partial charge in [0.15, 0.2) is 0 Å². The van der Waals surface area contributed by atoms with Crippen LogP contribution in [0.1, 0.15) is 36.0 Å². The van der Waals surface area contributed by atoms with E-state index in [0.29, 0.717) is 23.4 Å². The van der Waals surface area contributed by atoms with Gasteiger partial charge in [0.25, 0.3) is 5.91 Å². The molecular weight excluding hydrogens is 262 g/mol. The number of methoxy groups -OCH3 is 1. The van der Waals surface area contributed by atoms with E-state index in [0.717, 1.165) is 19.3 Å². The average molecular weight is 281 g/mol. The lowest BCUT2D eigenvalue weighted by atomic mass is 10.2. The van der Waals surface area contributed by atoms with Crippen LogP contribution in [0.2, 0.25) is 0 Å². The molecule has 0 aromatic heterocycles. The van der Waals surface area contributed by atoms with E-state index >= 15 is 0 Å². The number of carbonyl (C=O) groups excluding carboxylic acids is 2. The molecular formula is C14H19NO3S. The third kappa shape index (κ3) is 5.79. The third-order valence-corrected chi connectivity index (χ3v) is 3.11. The minimum Gasteiger partial charge on any atom is -0.469 e. The number of hydrogen-bond donors (Lipinski definition) is 2. The molecule has 0 aliphatic rings. The van der Waals surface area contributed by atoms with Gasteiger partial charge in [-0.2, -0.15) is 0 Å². The number of thiol groups is 1. The molecule has 0 aliphatic heterocycles. The van der Waals surface area contributed by atoms with Gasteiger partial charge in [-0.15, -0.1) is 12.6 Å². The van der Waals surface area contributed by atoms with Crippen LogP contribution in [-0.2, 0) is 9.53 Å². The molecule has 1 aromatic carbocycles. The summed E-state index contributed by atoms with van der Waals surface area (Å²) in [5.74, 6) is -0.299. The summed E-state index contributed by atoms with van der Waals surface area (Å²) in [6.07, 6.45) is 2.95. The minimum absolute atomic E-state index is 0.112. The first kappa shape index (κ1) is 15.6. The second kappa shape index (κ2) is 8.58. The number of rotatable bonds is 7. The Morgan fingerprint density at radius 3 is 2.63 bits per heavy atom. The Balaban J connectivity index is 2.18. The van der Waals surface area contributed by atoms with Crippen LogP contribution >= 0.6 is 12.6 Å². The quantitative estimate of drug-likeness (QED) is 0.458. The normalized spacial score (nSPS) is 10.0. The highest BCUT2D eigenvalue weighted by Crippen LogP contribution is 2.12. The van der Waals surface area contributed by atoms with Crippen molar-refractivity contribution in [1.82, 2.24) is 5.32 Å².